The lowest BCUT2D eigenvalue weighted by Gasteiger charge is -2.29. The first-order valence-corrected chi connectivity index (χ1v) is 9.86. The smallest absolute Gasteiger partial charge is 0.254 e. The standard InChI is InChI=1S/C19H32N4O2/c1-3-14(2)23-18(15-5-6-15)17(13-21-23)19(25)20-9-4-10-22-11-7-16(24)8-12-22/h13-16,24H,3-12H2,1-2H3,(H,20,25). The summed E-state index contributed by atoms with van der Waals surface area (Å²) < 4.78 is 2.06. The fourth-order valence-corrected chi connectivity index (χ4v) is 3.58. The summed E-state index contributed by atoms with van der Waals surface area (Å²) in [7, 11) is 0. The minimum atomic E-state index is -0.126. The third-order valence-corrected chi connectivity index (χ3v) is 5.54. The van der Waals surface area contributed by atoms with Gasteiger partial charge in [-0.05, 0) is 52.0 Å². The molecule has 6 heteroatoms. The Labute approximate surface area is 150 Å². The summed E-state index contributed by atoms with van der Waals surface area (Å²) in [4.78, 5) is 15.0. The molecular formula is C19H32N4O2. The van der Waals surface area contributed by atoms with Crippen LogP contribution in [0.4, 0.5) is 0 Å². The lowest BCUT2D eigenvalue weighted by atomic mass is 10.1. The van der Waals surface area contributed by atoms with E-state index >= 15 is 0 Å². The molecular weight excluding hydrogens is 316 g/mol. The minimum Gasteiger partial charge on any atom is -0.393 e. The van der Waals surface area contributed by atoms with Gasteiger partial charge in [0.15, 0.2) is 0 Å². The Bertz CT molecular complexity index is 574. The number of amides is 1. The molecule has 1 atom stereocenters. The zero-order chi connectivity index (χ0) is 17.8. The fraction of sp³-hybridized carbons (Fsp3) is 0.789. The molecule has 1 aromatic rings. The zero-order valence-corrected chi connectivity index (χ0v) is 15.6. The van der Waals surface area contributed by atoms with E-state index in [-0.39, 0.29) is 12.0 Å². The number of hydrogen-bond acceptors (Lipinski definition) is 4. The van der Waals surface area contributed by atoms with Gasteiger partial charge in [-0.15, -0.1) is 0 Å². The van der Waals surface area contributed by atoms with Crippen LogP contribution in [0.25, 0.3) is 0 Å². The van der Waals surface area contributed by atoms with Gasteiger partial charge in [-0.2, -0.15) is 5.10 Å². The summed E-state index contributed by atoms with van der Waals surface area (Å²) in [5.74, 6) is 0.530. The molecule has 2 N–H and O–H groups in total. The predicted molar refractivity (Wildman–Crippen MR) is 97.8 cm³/mol. The Kier molecular flexibility index (Phi) is 6.12. The Morgan fingerprint density at radius 3 is 2.72 bits per heavy atom. The SMILES string of the molecule is CCC(C)n1ncc(C(=O)NCCCN2CCC(O)CC2)c1C1CC1. The molecule has 1 saturated heterocycles. The second-order valence-corrected chi connectivity index (χ2v) is 7.60. The van der Waals surface area contributed by atoms with E-state index in [1.165, 1.54) is 12.8 Å². The van der Waals surface area contributed by atoms with Crippen molar-refractivity contribution < 1.29 is 9.90 Å². The first-order valence-electron chi connectivity index (χ1n) is 9.86. The summed E-state index contributed by atoms with van der Waals surface area (Å²) in [6.45, 7) is 7.91. The maximum Gasteiger partial charge on any atom is 0.254 e. The van der Waals surface area contributed by atoms with E-state index < -0.39 is 0 Å². The van der Waals surface area contributed by atoms with E-state index in [1.54, 1.807) is 6.20 Å². The number of carbonyl (C=O) groups is 1. The van der Waals surface area contributed by atoms with Gasteiger partial charge in [0.1, 0.15) is 0 Å². The van der Waals surface area contributed by atoms with Gasteiger partial charge < -0.3 is 15.3 Å². The topological polar surface area (TPSA) is 70.4 Å². The lowest BCUT2D eigenvalue weighted by molar-refractivity contribution is 0.0816. The molecule has 3 rings (SSSR count). The Morgan fingerprint density at radius 2 is 2.08 bits per heavy atom. The first-order chi connectivity index (χ1) is 12.1. The number of piperidine rings is 1. The van der Waals surface area contributed by atoms with E-state index in [2.05, 4.69) is 33.8 Å². The highest BCUT2D eigenvalue weighted by atomic mass is 16.3. The number of hydrogen-bond donors (Lipinski definition) is 2. The Morgan fingerprint density at radius 1 is 1.36 bits per heavy atom. The molecule has 1 unspecified atom stereocenters. The van der Waals surface area contributed by atoms with Crippen LogP contribution in [0.15, 0.2) is 6.20 Å². The highest BCUT2D eigenvalue weighted by molar-refractivity contribution is 5.95. The summed E-state index contributed by atoms with van der Waals surface area (Å²) >= 11 is 0. The monoisotopic (exact) mass is 348 g/mol. The molecule has 1 amide bonds. The van der Waals surface area contributed by atoms with E-state index in [4.69, 9.17) is 0 Å². The van der Waals surface area contributed by atoms with Gasteiger partial charge in [0.05, 0.1) is 23.6 Å². The highest BCUT2D eigenvalue weighted by Crippen LogP contribution is 2.42. The number of nitrogens with one attached hydrogen (secondary N) is 1. The van der Waals surface area contributed by atoms with Gasteiger partial charge in [0.2, 0.25) is 0 Å². The van der Waals surface area contributed by atoms with Crippen molar-refractivity contribution in [3.05, 3.63) is 17.5 Å². The average molecular weight is 348 g/mol. The van der Waals surface area contributed by atoms with Crippen molar-refractivity contribution in [2.45, 2.75) is 70.4 Å². The molecule has 25 heavy (non-hydrogen) atoms. The molecule has 1 aromatic heterocycles. The van der Waals surface area contributed by atoms with Gasteiger partial charge in [-0.1, -0.05) is 6.92 Å². The van der Waals surface area contributed by atoms with Crippen LogP contribution >= 0.6 is 0 Å². The quantitative estimate of drug-likeness (QED) is 0.707. The van der Waals surface area contributed by atoms with Crippen molar-refractivity contribution in [1.29, 1.82) is 0 Å². The van der Waals surface area contributed by atoms with Crippen LogP contribution in [0.1, 0.15) is 80.4 Å². The molecule has 0 spiro atoms. The number of carbonyl (C=O) groups excluding carboxylic acids is 1. The van der Waals surface area contributed by atoms with Gasteiger partial charge in [-0.25, -0.2) is 0 Å². The number of rotatable bonds is 8. The van der Waals surface area contributed by atoms with E-state index in [9.17, 15) is 9.90 Å². The second kappa shape index (κ2) is 8.32. The zero-order valence-electron chi connectivity index (χ0n) is 15.6. The van der Waals surface area contributed by atoms with Crippen LogP contribution < -0.4 is 5.32 Å². The minimum absolute atomic E-state index is 0.0190. The molecule has 0 radical (unpaired) electrons. The molecule has 140 valence electrons. The van der Waals surface area contributed by atoms with E-state index in [0.29, 0.717) is 18.5 Å². The van der Waals surface area contributed by atoms with Crippen molar-refractivity contribution in [3.8, 4) is 0 Å². The van der Waals surface area contributed by atoms with Crippen molar-refractivity contribution in [1.82, 2.24) is 20.0 Å². The first kappa shape index (κ1) is 18.4. The number of aliphatic hydroxyl groups is 1. The van der Waals surface area contributed by atoms with E-state index in [1.807, 2.05) is 0 Å². The van der Waals surface area contributed by atoms with Crippen molar-refractivity contribution in [2.24, 2.45) is 0 Å². The van der Waals surface area contributed by atoms with Crippen LogP contribution in [0.5, 0.6) is 0 Å². The second-order valence-electron chi connectivity index (χ2n) is 7.60. The summed E-state index contributed by atoms with van der Waals surface area (Å²) in [5.41, 5.74) is 1.90. The molecule has 2 fully saturated rings. The molecule has 1 saturated carbocycles. The largest absolute Gasteiger partial charge is 0.393 e. The molecule has 2 heterocycles. The van der Waals surface area contributed by atoms with Crippen LogP contribution in [0.3, 0.4) is 0 Å². The van der Waals surface area contributed by atoms with Crippen LogP contribution in [-0.2, 0) is 0 Å². The third-order valence-electron chi connectivity index (χ3n) is 5.54. The number of likely N-dealkylation sites (tertiary alicyclic amines) is 1. The molecule has 2 aliphatic rings. The Hall–Kier alpha value is -1.40. The lowest BCUT2D eigenvalue weighted by Crippen LogP contribution is -2.37. The molecule has 6 nitrogen and oxygen atoms in total. The van der Waals surface area contributed by atoms with Crippen LogP contribution in [0, 0.1) is 0 Å². The Balaban J connectivity index is 1.49. The van der Waals surface area contributed by atoms with Gasteiger partial charge >= 0.3 is 0 Å². The molecule has 1 aliphatic heterocycles. The summed E-state index contributed by atoms with van der Waals surface area (Å²) in [5, 5.41) is 17.1. The van der Waals surface area contributed by atoms with Crippen molar-refractivity contribution in [2.75, 3.05) is 26.2 Å². The molecule has 0 bridgehead atoms. The third kappa shape index (κ3) is 4.61. The maximum absolute atomic E-state index is 12.6. The summed E-state index contributed by atoms with van der Waals surface area (Å²) in [6, 6.07) is 0.339. The van der Waals surface area contributed by atoms with E-state index in [0.717, 1.165) is 56.6 Å². The summed E-state index contributed by atoms with van der Waals surface area (Å²) in [6.07, 6.45) is 7.66. The van der Waals surface area contributed by atoms with Gasteiger partial charge in [0, 0.05) is 31.6 Å². The highest BCUT2D eigenvalue weighted by Gasteiger charge is 2.33. The average Bonchev–Trinajstić information content (AvgIpc) is 3.37. The number of nitrogens with zero attached hydrogens (tertiary/aromatic N) is 3. The normalized spacial score (nSPS) is 20.6. The van der Waals surface area contributed by atoms with Gasteiger partial charge in [0.25, 0.3) is 5.91 Å². The fourth-order valence-electron chi connectivity index (χ4n) is 3.58. The van der Waals surface area contributed by atoms with Crippen LogP contribution in [-0.4, -0.2) is 58.0 Å². The predicted octanol–water partition coefficient (Wildman–Crippen LogP) is 2.31. The molecule has 1 aliphatic carbocycles. The van der Waals surface area contributed by atoms with Crippen LogP contribution in [0.2, 0.25) is 0 Å². The number of aromatic nitrogens is 2. The van der Waals surface area contributed by atoms with Crippen molar-refractivity contribution >= 4 is 5.91 Å². The maximum atomic E-state index is 12.6. The number of aliphatic hydroxyl groups excluding tert-OH is 1. The molecule has 0 aromatic carbocycles. The van der Waals surface area contributed by atoms with Crippen molar-refractivity contribution in [3.63, 3.8) is 0 Å². The van der Waals surface area contributed by atoms with Gasteiger partial charge in [-0.3, -0.25) is 9.48 Å².